The highest BCUT2D eigenvalue weighted by Gasteiger charge is 2.10. The molecule has 1 unspecified atom stereocenters. The minimum absolute atomic E-state index is 0.160. The Kier molecular flexibility index (Phi) is 4.25. The highest BCUT2D eigenvalue weighted by Crippen LogP contribution is 2.15. The molecule has 0 bridgehead atoms. The van der Waals surface area contributed by atoms with Crippen molar-refractivity contribution in [2.75, 3.05) is 5.73 Å². The Labute approximate surface area is 118 Å². The maximum absolute atomic E-state index is 11.8. The lowest BCUT2D eigenvalue weighted by atomic mass is 10.2. The lowest BCUT2D eigenvalue weighted by molar-refractivity contribution is -0.117. The third-order valence-electron chi connectivity index (χ3n) is 2.91. The first-order valence-electron chi connectivity index (χ1n) is 6.45. The van der Waals surface area contributed by atoms with E-state index in [1.165, 1.54) is 6.08 Å². The summed E-state index contributed by atoms with van der Waals surface area (Å²) in [7, 11) is 0. The van der Waals surface area contributed by atoms with Crippen LogP contribution in [0.15, 0.2) is 46.9 Å². The average molecular weight is 270 g/mol. The molecule has 0 radical (unpaired) electrons. The number of hydrogen-bond acceptors (Lipinski definition) is 3. The molecule has 3 N–H and O–H groups in total. The Hall–Kier alpha value is -2.49. The Morgan fingerprint density at radius 3 is 2.55 bits per heavy atom. The van der Waals surface area contributed by atoms with E-state index in [0.717, 1.165) is 17.1 Å². The van der Waals surface area contributed by atoms with Gasteiger partial charge in [0, 0.05) is 11.8 Å². The summed E-state index contributed by atoms with van der Waals surface area (Å²) in [6.45, 7) is 3.76. The van der Waals surface area contributed by atoms with Gasteiger partial charge in [0.2, 0.25) is 5.91 Å². The van der Waals surface area contributed by atoms with Crippen LogP contribution in [-0.2, 0) is 4.79 Å². The Morgan fingerprint density at radius 1 is 1.25 bits per heavy atom. The number of amides is 1. The number of hydrogen-bond donors (Lipinski definition) is 2. The van der Waals surface area contributed by atoms with Gasteiger partial charge in [-0.3, -0.25) is 4.79 Å². The van der Waals surface area contributed by atoms with Gasteiger partial charge in [-0.15, -0.1) is 0 Å². The minimum Gasteiger partial charge on any atom is -0.464 e. The van der Waals surface area contributed by atoms with Crippen molar-refractivity contribution >= 4 is 17.7 Å². The second-order valence-corrected chi connectivity index (χ2v) is 4.68. The summed E-state index contributed by atoms with van der Waals surface area (Å²) in [6.07, 6.45) is 3.24. The molecular formula is C16H18N2O2. The van der Waals surface area contributed by atoms with Crippen LogP contribution < -0.4 is 11.1 Å². The first-order valence-corrected chi connectivity index (χ1v) is 6.45. The maximum atomic E-state index is 11.8. The average Bonchev–Trinajstić information content (AvgIpc) is 2.85. The smallest absolute Gasteiger partial charge is 0.244 e. The van der Waals surface area contributed by atoms with Crippen LogP contribution in [0.3, 0.4) is 0 Å². The van der Waals surface area contributed by atoms with Gasteiger partial charge in [0.1, 0.15) is 11.5 Å². The third kappa shape index (κ3) is 3.75. The lowest BCUT2D eigenvalue weighted by Crippen LogP contribution is -2.24. The summed E-state index contributed by atoms with van der Waals surface area (Å²) in [6, 6.07) is 10.9. The lowest BCUT2D eigenvalue weighted by Gasteiger charge is -2.09. The molecule has 104 valence electrons. The van der Waals surface area contributed by atoms with E-state index in [1.807, 2.05) is 38.1 Å². The first kappa shape index (κ1) is 13.9. The molecule has 1 amide bonds. The zero-order chi connectivity index (χ0) is 14.5. The van der Waals surface area contributed by atoms with Crippen LogP contribution in [0.1, 0.15) is 30.0 Å². The van der Waals surface area contributed by atoms with Crippen LogP contribution in [-0.4, -0.2) is 5.91 Å². The number of nitrogen functional groups attached to an aromatic ring is 1. The number of nitrogens with one attached hydrogen (secondary N) is 1. The summed E-state index contributed by atoms with van der Waals surface area (Å²) < 4.78 is 5.47. The number of rotatable bonds is 4. The Balaban J connectivity index is 1.93. The zero-order valence-corrected chi connectivity index (χ0v) is 11.6. The predicted octanol–water partition coefficient (Wildman–Crippen LogP) is 3.06. The van der Waals surface area contributed by atoms with Crippen LogP contribution in [0.4, 0.5) is 5.69 Å². The van der Waals surface area contributed by atoms with E-state index < -0.39 is 0 Å². The summed E-state index contributed by atoms with van der Waals surface area (Å²) in [5.41, 5.74) is 7.23. The van der Waals surface area contributed by atoms with Crippen molar-refractivity contribution in [1.82, 2.24) is 5.32 Å². The number of furan rings is 1. The molecule has 1 aromatic heterocycles. The normalized spacial score (nSPS) is 12.5. The fraction of sp³-hybridized carbons (Fsp3) is 0.188. The van der Waals surface area contributed by atoms with E-state index in [1.54, 1.807) is 18.2 Å². The topological polar surface area (TPSA) is 68.3 Å². The molecular weight excluding hydrogens is 252 g/mol. The molecule has 0 aliphatic rings. The van der Waals surface area contributed by atoms with Crippen molar-refractivity contribution in [2.24, 2.45) is 0 Å². The van der Waals surface area contributed by atoms with E-state index >= 15 is 0 Å². The largest absolute Gasteiger partial charge is 0.464 e. The first-order chi connectivity index (χ1) is 9.54. The Morgan fingerprint density at radius 2 is 1.95 bits per heavy atom. The van der Waals surface area contributed by atoms with E-state index in [9.17, 15) is 4.79 Å². The summed E-state index contributed by atoms with van der Waals surface area (Å²) in [5, 5.41) is 2.85. The third-order valence-corrected chi connectivity index (χ3v) is 2.91. The van der Waals surface area contributed by atoms with E-state index in [4.69, 9.17) is 10.2 Å². The van der Waals surface area contributed by atoms with Crippen molar-refractivity contribution in [2.45, 2.75) is 19.9 Å². The fourth-order valence-corrected chi connectivity index (χ4v) is 1.80. The van der Waals surface area contributed by atoms with Crippen LogP contribution in [0.5, 0.6) is 0 Å². The number of carbonyl (C=O) groups is 1. The minimum atomic E-state index is -0.164. The maximum Gasteiger partial charge on any atom is 0.244 e. The second kappa shape index (κ2) is 6.10. The van der Waals surface area contributed by atoms with E-state index in [2.05, 4.69) is 5.32 Å². The van der Waals surface area contributed by atoms with Gasteiger partial charge in [0.05, 0.1) is 6.04 Å². The van der Waals surface area contributed by atoms with E-state index in [0.29, 0.717) is 5.69 Å². The fourth-order valence-electron chi connectivity index (χ4n) is 1.80. The van der Waals surface area contributed by atoms with Gasteiger partial charge >= 0.3 is 0 Å². The van der Waals surface area contributed by atoms with Crippen LogP contribution in [0, 0.1) is 6.92 Å². The van der Waals surface area contributed by atoms with Gasteiger partial charge in [0.15, 0.2) is 0 Å². The summed E-state index contributed by atoms with van der Waals surface area (Å²) in [5.74, 6) is 1.42. The molecule has 0 fully saturated rings. The van der Waals surface area contributed by atoms with Crippen LogP contribution in [0.25, 0.3) is 6.08 Å². The van der Waals surface area contributed by atoms with Gasteiger partial charge in [-0.1, -0.05) is 12.1 Å². The number of nitrogens with two attached hydrogens (primary N) is 1. The number of aryl methyl sites for hydroxylation is 1. The molecule has 0 aliphatic heterocycles. The van der Waals surface area contributed by atoms with Gasteiger partial charge in [-0.2, -0.15) is 0 Å². The number of carbonyl (C=O) groups excluding carboxylic acids is 1. The molecule has 2 rings (SSSR count). The second-order valence-electron chi connectivity index (χ2n) is 4.68. The molecule has 4 heteroatoms. The van der Waals surface area contributed by atoms with Crippen molar-refractivity contribution in [1.29, 1.82) is 0 Å². The molecule has 0 saturated heterocycles. The molecule has 0 aliphatic carbocycles. The molecule has 0 spiro atoms. The van der Waals surface area contributed by atoms with Gasteiger partial charge < -0.3 is 15.5 Å². The predicted molar refractivity (Wildman–Crippen MR) is 79.9 cm³/mol. The highest BCUT2D eigenvalue weighted by molar-refractivity contribution is 5.91. The molecule has 20 heavy (non-hydrogen) atoms. The van der Waals surface area contributed by atoms with Gasteiger partial charge in [-0.05, 0) is 49.8 Å². The van der Waals surface area contributed by atoms with Gasteiger partial charge in [0.25, 0.3) is 0 Å². The van der Waals surface area contributed by atoms with Crippen LogP contribution in [0.2, 0.25) is 0 Å². The molecule has 2 aromatic rings. The molecule has 1 heterocycles. The van der Waals surface area contributed by atoms with E-state index in [-0.39, 0.29) is 11.9 Å². The van der Waals surface area contributed by atoms with Crippen molar-refractivity contribution in [3.05, 3.63) is 59.6 Å². The van der Waals surface area contributed by atoms with Crippen molar-refractivity contribution in [3.63, 3.8) is 0 Å². The Bertz CT molecular complexity index is 612. The molecule has 0 saturated carbocycles. The SMILES string of the molecule is Cc1ccc(C(C)NC(=O)/C=C/c2ccc(N)cc2)o1. The molecule has 4 nitrogen and oxygen atoms in total. The summed E-state index contributed by atoms with van der Waals surface area (Å²) >= 11 is 0. The van der Waals surface area contributed by atoms with Crippen LogP contribution >= 0.6 is 0 Å². The highest BCUT2D eigenvalue weighted by atomic mass is 16.3. The molecule has 1 aromatic carbocycles. The molecule has 1 atom stereocenters. The van der Waals surface area contributed by atoms with Crippen molar-refractivity contribution in [3.8, 4) is 0 Å². The van der Waals surface area contributed by atoms with Gasteiger partial charge in [-0.25, -0.2) is 0 Å². The standard InChI is InChI=1S/C16H18N2O2/c1-11-3-9-15(20-11)12(2)18-16(19)10-6-13-4-7-14(17)8-5-13/h3-10,12H,17H2,1-2H3,(H,18,19)/b10-6+. The quantitative estimate of drug-likeness (QED) is 0.662. The number of anilines is 1. The monoisotopic (exact) mass is 270 g/mol. The van der Waals surface area contributed by atoms with Crippen molar-refractivity contribution < 1.29 is 9.21 Å². The number of benzene rings is 1. The zero-order valence-electron chi connectivity index (χ0n) is 11.6. The summed E-state index contributed by atoms with van der Waals surface area (Å²) in [4.78, 5) is 11.8.